The summed E-state index contributed by atoms with van der Waals surface area (Å²) < 4.78 is 5.42. The van der Waals surface area contributed by atoms with Crippen LogP contribution in [0.5, 0.6) is 0 Å². The Bertz CT molecular complexity index is 451. The van der Waals surface area contributed by atoms with Crippen molar-refractivity contribution < 1.29 is 19.4 Å². The van der Waals surface area contributed by atoms with Crippen molar-refractivity contribution in [1.29, 1.82) is 0 Å². The molecule has 1 unspecified atom stereocenters. The second-order valence-corrected chi connectivity index (χ2v) is 4.72. The molecule has 0 radical (unpaired) electrons. The van der Waals surface area contributed by atoms with Gasteiger partial charge in [-0.25, -0.2) is 9.78 Å². The molecule has 1 atom stereocenters. The summed E-state index contributed by atoms with van der Waals surface area (Å²) in [4.78, 5) is 26.3. The molecule has 2 heterocycles. The Balaban J connectivity index is 2.31. The maximum Gasteiger partial charge on any atom is 0.347 e. The molecule has 17 heavy (non-hydrogen) atoms. The van der Waals surface area contributed by atoms with E-state index in [2.05, 4.69) is 10.3 Å². The Morgan fingerprint density at radius 1 is 1.59 bits per heavy atom. The van der Waals surface area contributed by atoms with Crippen molar-refractivity contribution in [3.63, 3.8) is 0 Å². The summed E-state index contributed by atoms with van der Waals surface area (Å²) in [6.45, 7) is 1.98. The van der Waals surface area contributed by atoms with Crippen LogP contribution in [0, 0.1) is 0 Å². The van der Waals surface area contributed by atoms with Crippen LogP contribution in [0.15, 0.2) is 0 Å². The Morgan fingerprint density at radius 2 is 2.35 bits per heavy atom. The molecule has 92 valence electrons. The molecule has 2 N–H and O–H groups in total. The molecule has 1 amide bonds. The Kier molecular flexibility index (Phi) is 3.39. The first-order valence-corrected chi connectivity index (χ1v) is 6.03. The third-order valence-corrected chi connectivity index (χ3v) is 3.34. The number of amides is 1. The van der Waals surface area contributed by atoms with Gasteiger partial charge in [0.05, 0.1) is 5.69 Å². The van der Waals surface area contributed by atoms with E-state index in [0.29, 0.717) is 17.4 Å². The maximum absolute atomic E-state index is 11.1. The lowest BCUT2D eigenvalue weighted by Crippen LogP contribution is -2.06. The van der Waals surface area contributed by atoms with Gasteiger partial charge in [-0.2, -0.15) is 0 Å². The van der Waals surface area contributed by atoms with Crippen molar-refractivity contribution in [2.45, 2.75) is 25.9 Å². The van der Waals surface area contributed by atoms with Crippen molar-refractivity contribution >= 4 is 28.3 Å². The molecule has 0 spiro atoms. The molecular weight excluding hydrogens is 244 g/mol. The van der Waals surface area contributed by atoms with Crippen LogP contribution in [0.4, 0.5) is 5.13 Å². The topological polar surface area (TPSA) is 88.5 Å². The molecule has 0 bridgehead atoms. The zero-order valence-corrected chi connectivity index (χ0v) is 10.0. The van der Waals surface area contributed by atoms with Gasteiger partial charge in [-0.15, -0.1) is 0 Å². The number of hydrogen-bond donors (Lipinski definition) is 2. The lowest BCUT2D eigenvalue weighted by atomic mass is 10.1. The van der Waals surface area contributed by atoms with Crippen LogP contribution in [-0.4, -0.2) is 28.6 Å². The second-order valence-electron chi connectivity index (χ2n) is 3.72. The van der Waals surface area contributed by atoms with Gasteiger partial charge in [-0.3, -0.25) is 4.79 Å². The number of carboxylic acid groups (broad SMARTS) is 1. The van der Waals surface area contributed by atoms with Crippen LogP contribution >= 0.6 is 11.3 Å². The average Bonchev–Trinajstić information content (AvgIpc) is 2.82. The molecule has 1 aromatic rings. The largest absolute Gasteiger partial charge is 0.477 e. The van der Waals surface area contributed by atoms with E-state index >= 15 is 0 Å². The van der Waals surface area contributed by atoms with E-state index in [1.54, 1.807) is 0 Å². The number of carbonyl (C=O) groups is 2. The molecule has 2 rings (SSSR count). The zero-order valence-electron chi connectivity index (χ0n) is 9.23. The number of thiazole rings is 1. The van der Waals surface area contributed by atoms with Gasteiger partial charge in [0.15, 0.2) is 5.13 Å². The summed E-state index contributed by atoms with van der Waals surface area (Å²) in [5, 5.41) is 11.9. The van der Waals surface area contributed by atoms with Gasteiger partial charge in [0.2, 0.25) is 5.91 Å². The minimum atomic E-state index is -1.04. The average molecular weight is 256 g/mol. The Morgan fingerprint density at radius 3 is 2.88 bits per heavy atom. The highest BCUT2D eigenvalue weighted by molar-refractivity contribution is 7.17. The quantitative estimate of drug-likeness (QED) is 0.858. The Hall–Kier alpha value is -1.47. The predicted octanol–water partition coefficient (Wildman–Crippen LogP) is 1.65. The van der Waals surface area contributed by atoms with E-state index in [9.17, 15) is 9.59 Å². The molecule has 1 saturated heterocycles. The number of aromatic nitrogens is 1. The highest BCUT2D eigenvalue weighted by atomic mass is 32.1. The number of anilines is 1. The van der Waals surface area contributed by atoms with Crippen molar-refractivity contribution in [3.8, 4) is 0 Å². The van der Waals surface area contributed by atoms with Gasteiger partial charge in [0.25, 0.3) is 0 Å². The van der Waals surface area contributed by atoms with Crippen LogP contribution in [0.1, 0.15) is 41.2 Å². The standard InChI is InChI=1S/C10H12N2O4S/c1-5(13)11-10-12-7(6-3-2-4-16-6)8(17-10)9(14)15/h6H,2-4H2,1H3,(H,14,15)(H,11,12,13). The van der Waals surface area contributed by atoms with Gasteiger partial charge in [-0.1, -0.05) is 11.3 Å². The molecule has 1 aliphatic heterocycles. The normalized spacial score (nSPS) is 19.2. The number of hydrogen-bond acceptors (Lipinski definition) is 5. The van der Waals surface area contributed by atoms with Gasteiger partial charge in [0.1, 0.15) is 11.0 Å². The number of carboxylic acids is 1. The molecule has 7 heteroatoms. The van der Waals surface area contributed by atoms with E-state index < -0.39 is 5.97 Å². The highest BCUT2D eigenvalue weighted by Gasteiger charge is 2.28. The number of aromatic carboxylic acids is 1. The molecule has 0 aromatic carbocycles. The molecule has 1 aliphatic rings. The number of carbonyl (C=O) groups excluding carboxylic acids is 1. The fourth-order valence-corrected chi connectivity index (χ4v) is 2.60. The fraction of sp³-hybridized carbons (Fsp3) is 0.500. The molecule has 1 fully saturated rings. The van der Waals surface area contributed by atoms with Crippen LogP contribution in [-0.2, 0) is 9.53 Å². The number of nitrogens with zero attached hydrogens (tertiary/aromatic N) is 1. The summed E-state index contributed by atoms with van der Waals surface area (Å²) >= 11 is 0.960. The smallest absolute Gasteiger partial charge is 0.347 e. The van der Waals surface area contributed by atoms with Crippen LogP contribution in [0.25, 0.3) is 0 Å². The minimum Gasteiger partial charge on any atom is -0.477 e. The van der Waals surface area contributed by atoms with Gasteiger partial charge in [0, 0.05) is 13.5 Å². The highest BCUT2D eigenvalue weighted by Crippen LogP contribution is 2.34. The predicted molar refractivity (Wildman–Crippen MR) is 61.3 cm³/mol. The number of ether oxygens (including phenoxy) is 1. The van der Waals surface area contributed by atoms with E-state index in [4.69, 9.17) is 9.84 Å². The van der Waals surface area contributed by atoms with Crippen molar-refractivity contribution in [2.75, 3.05) is 11.9 Å². The summed E-state index contributed by atoms with van der Waals surface area (Å²) in [6.07, 6.45) is 1.40. The van der Waals surface area contributed by atoms with E-state index in [0.717, 1.165) is 24.2 Å². The molecule has 0 saturated carbocycles. The summed E-state index contributed by atoms with van der Waals surface area (Å²) in [7, 11) is 0. The monoisotopic (exact) mass is 256 g/mol. The van der Waals surface area contributed by atoms with E-state index in [1.807, 2.05) is 0 Å². The first-order chi connectivity index (χ1) is 8.08. The van der Waals surface area contributed by atoms with Crippen LogP contribution in [0.3, 0.4) is 0 Å². The lowest BCUT2D eigenvalue weighted by molar-refractivity contribution is -0.114. The van der Waals surface area contributed by atoms with Gasteiger partial charge >= 0.3 is 5.97 Å². The number of rotatable bonds is 3. The maximum atomic E-state index is 11.1. The van der Waals surface area contributed by atoms with Crippen LogP contribution < -0.4 is 5.32 Å². The van der Waals surface area contributed by atoms with E-state index in [1.165, 1.54) is 6.92 Å². The molecular formula is C10H12N2O4S. The van der Waals surface area contributed by atoms with E-state index in [-0.39, 0.29) is 16.9 Å². The first-order valence-electron chi connectivity index (χ1n) is 5.21. The third kappa shape index (κ3) is 2.62. The van der Waals surface area contributed by atoms with Crippen LogP contribution in [0.2, 0.25) is 0 Å². The Labute approximate surface area is 102 Å². The molecule has 1 aromatic heterocycles. The lowest BCUT2D eigenvalue weighted by Gasteiger charge is -2.06. The SMILES string of the molecule is CC(=O)Nc1nc(C2CCCO2)c(C(=O)O)s1. The van der Waals surface area contributed by atoms with Gasteiger partial charge in [-0.05, 0) is 12.8 Å². The summed E-state index contributed by atoms with van der Waals surface area (Å²) in [5.74, 6) is -1.31. The molecule has 6 nitrogen and oxygen atoms in total. The minimum absolute atomic E-state index is 0.139. The summed E-state index contributed by atoms with van der Waals surface area (Å²) in [5.41, 5.74) is 0.420. The molecule has 0 aliphatic carbocycles. The number of nitrogens with one attached hydrogen (secondary N) is 1. The van der Waals surface area contributed by atoms with Crippen molar-refractivity contribution in [3.05, 3.63) is 10.6 Å². The fourth-order valence-electron chi connectivity index (χ4n) is 1.70. The van der Waals surface area contributed by atoms with Crippen molar-refractivity contribution in [1.82, 2.24) is 4.98 Å². The third-order valence-electron chi connectivity index (χ3n) is 2.37. The second kappa shape index (κ2) is 4.80. The first kappa shape index (κ1) is 12.0. The van der Waals surface area contributed by atoms with Crippen molar-refractivity contribution in [2.24, 2.45) is 0 Å². The summed E-state index contributed by atoms with van der Waals surface area (Å²) in [6, 6.07) is 0. The van der Waals surface area contributed by atoms with Gasteiger partial charge < -0.3 is 15.2 Å². The zero-order chi connectivity index (χ0) is 12.4.